The fourth-order valence-corrected chi connectivity index (χ4v) is 2.18. The standard InChI is InChI=1S/C16H17ClN2O2/c1-19(10-12-5-3-4-6-15(12)21-2)16(20)11-7-8-13(17)14(18)9-11/h3-9H,10,18H2,1-2H3. The molecule has 2 N–H and O–H groups in total. The molecule has 0 atom stereocenters. The normalized spacial score (nSPS) is 10.2. The summed E-state index contributed by atoms with van der Waals surface area (Å²) in [6.45, 7) is 0.450. The molecule has 0 unspecified atom stereocenters. The van der Waals surface area contributed by atoms with Crippen LogP contribution in [0, 0.1) is 0 Å². The quantitative estimate of drug-likeness (QED) is 0.883. The smallest absolute Gasteiger partial charge is 0.253 e. The molecule has 21 heavy (non-hydrogen) atoms. The summed E-state index contributed by atoms with van der Waals surface area (Å²) in [6, 6.07) is 12.5. The van der Waals surface area contributed by atoms with Crippen LogP contribution in [0.5, 0.6) is 5.75 Å². The first-order valence-electron chi connectivity index (χ1n) is 6.45. The Bertz CT molecular complexity index is 658. The molecule has 0 saturated carbocycles. The van der Waals surface area contributed by atoms with Gasteiger partial charge >= 0.3 is 0 Å². The zero-order chi connectivity index (χ0) is 15.4. The molecule has 2 aromatic carbocycles. The summed E-state index contributed by atoms with van der Waals surface area (Å²) in [5, 5.41) is 0.443. The number of hydrogen-bond donors (Lipinski definition) is 1. The van der Waals surface area contributed by atoms with Gasteiger partial charge in [0.25, 0.3) is 5.91 Å². The van der Waals surface area contributed by atoms with E-state index in [1.54, 1.807) is 37.3 Å². The predicted octanol–water partition coefficient (Wildman–Crippen LogP) is 3.20. The molecule has 0 aliphatic rings. The van der Waals surface area contributed by atoms with E-state index in [0.29, 0.717) is 22.8 Å². The van der Waals surface area contributed by atoms with Crippen molar-refractivity contribution in [2.45, 2.75) is 6.54 Å². The lowest BCUT2D eigenvalue weighted by Crippen LogP contribution is -2.26. The average molecular weight is 305 g/mol. The van der Waals surface area contributed by atoms with E-state index in [1.165, 1.54) is 0 Å². The summed E-state index contributed by atoms with van der Waals surface area (Å²) in [5.41, 5.74) is 7.58. The van der Waals surface area contributed by atoms with Gasteiger partial charge in [0.05, 0.1) is 17.8 Å². The minimum absolute atomic E-state index is 0.121. The number of hydrogen-bond acceptors (Lipinski definition) is 3. The van der Waals surface area contributed by atoms with Crippen LogP contribution >= 0.6 is 11.6 Å². The van der Waals surface area contributed by atoms with Gasteiger partial charge in [-0.05, 0) is 24.3 Å². The van der Waals surface area contributed by atoms with Gasteiger partial charge < -0.3 is 15.4 Å². The molecule has 0 saturated heterocycles. The fraction of sp³-hybridized carbons (Fsp3) is 0.188. The lowest BCUT2D eigenvalue weighted by molar-refractivity contribution is 0.0784. The molecule has 0 bridgehead atoms. The molecule has 0 radical (unpaired) electrons. The van der Waals surface area contributed by atoms with E-state index >= 15 is 0 Å². The number of rotatable bonds is 4. The average Bonchev–Trinajstić information content (AvgIpc) is 2.49. The molecule has 4 nitrogen and oxygen atoms in total. The van der Waals surface area contributed by atoms with E-state index in [0.717, 1.165) is 11.3 Å². The lowest BCUT2D eigenvalue weighted by Gasteiger charge is -2.19. The summed E-state index contributed by atoms with van der Waals surface area (Å²) >= 11 is 5.87. The number of ether oxygens (including phenoxy) is 1. The number of benzene rings is 2. The Morgan fingerprint density at radius 2 is 2.00 bits per heavy atom. The molecular weight excluding hydrogens is 288 g/mol. The number of nitrogens with zero attached hydrogens (tertiary/aromatic N) is 1. The molecule has 0 aliphatic heterocycles. The third kappa shape index (κ3) is 3.47. The Morgan fingerprint density at radius 3 is 2.67 bits per heavy atom. The Kier molecular flexibility index (Phi) is 4.70. The summed E-state index contributed by atoms with van der Waals surface area (Å²) in [7, 11) is 3.35. The van der Waals surface area contributed by atoms with Crippen LogP contribution in [-0.4, -0.2) is 25.0 Å². The Morgan fingerprint density at radius 1 is 1.29 bits per heavy atom. The highest BCUT2D eigenvalue weighted by Crippen LogP contribution is 2.22. The highest BCUT2D eigenvalue weighted by molar-refractivity contribution is 6.33. The Hall–Kier alpha value is -2.20. The van der Waals surface area contributed by atoms with E-state index in [2.05, 4.69) is 0 Å². The van der Waals surface area contributed by atoms with Gasteiger partial charge in [-0.25, -0.2) is 0 Å². The molecule has 1 amide bonds. The number of methoxy groups -OCH3 is 1. The third-order valence-corrected chi connectivity index (χ3v) is 3.53. The van der Waals surface area contributed by atoms with E-state index < -0.39 is 0 Å². The molecule has 0 aromatic heterocycles. The maximum Gasteiger partial charge on any atom is 0.253 e. The van der Waals surface area contributed by atoms with Gasteiger partial charge in [-0.3, -0.25) is 4.79 Å². The number of carbonyl (C=O) groups is 1. The number of nitrogen functional groups attached to an aromatic ring is 1. The minimum atomic E-state index is -0.121. The molecule has 0 fully saturated rings. The highest BCUT2D eigenvalue weighted by atomic mass is 35.5. The minimum Gasteiger partial charge on any atom is -0.496 e. The molecule has 2 rings (SSSR count). The van der Waals surface area contributed by atoms with Gasteiger partial charge in [-0.2, -0.15) is 0 Å². The van der Waals surface area contributed by atoms with Crippen molar-refractivity contribution in [1.29, 1.82) is 0 Å². The van der Waals surface area contributed by atoms with Gasteiger partial charge in [-0.15, -0.1) is 0 Å². The largest absolute Gasteiger partial charge is 0.496 e. The summed E-state index contributed by atoms with van der Waals surface area (Å²) < 4.78 is 5.29. The van der Waals surface area contributed by atoms with Gasteiger partial charge in [0.15, 0.2) is 0 Å². The predicted molar refractivity (Wildman–Crippen MR) is 84.7 cm³/mol. The van der Waals surface area contributed by atoms with Crippen molar-refractivity contribution >= 4 is 23.2 Å². The van der Waals surface area contributed by atoms with Crippen LogP contribution in [0.25, 0.3) is 0 Å². The van der Waals surface area contributed by atoms with E-state index in [4.69, 9.17) is 22.1 Å². The van der Waals surface area contributed by atoms with E-state index in [-0.39, 0.29) is 5.91 Å². The summed E-state index contributed by atoms with van der Waals surface area (Å²) in [4.78, 5) is 14.0. The molecule has 0 aliphatic carbocycles. The van der Waals surface area contributed by atoms with Gasteiger partial charge in [0, 0.05) is 24.7 Å². The second kappa shape index (κ2) is 6.50. The molecular formula is C16H17ClN2O2. The highest BCUT2D eigenvalue weighted by Gasteiger charge is 2.14. The zero-order valence-corrected chi connectivity index (χ0v) is 12.7. The molecule has 2 aromatic rings. The Labute approximate surface area is 129 Å². The topological polar surface area (TPSA) is 55.6 Å². The number of halogens is 1. The van der Waals surface area contributed by atoms with Crippen LogP contribution in [-0.2, 0) is 6.54 Å². The lowest BCUT2D eigenvalue weighted by atomic mass is 10.1. The van der Waals surface area contributed by atoms with E-state index in [9.17, 15) is 4.79 Å². The van der Waals surface area contributed by atoms with Gasteiger partial charge in [-0.1, -0.05) is 29.8 Å². The molecule has 110 valence electrons. The maximum absolute atomic E-state index is 12.4. The zero-order valence-electron chi connectivity index (χ0n) is 12.0. The number of nitrogens with two attached hydrogens (primary N) is 1. The second-order valence-corrected chi connectivity index (χ2v) is 5.12. The maximum atomic E-state index is 12.4. The van der Waals surface area contributed by atoms with Crippen molar-refractivity contribution in [3.8, 4) is 5.75 Å². The number of amides is 1. The molecule has 0 heterocycles. The molecule has 5 heteroatoms. The second-order valence-electron chi connectivity index (χ2n) is 4.71. The Balaban J connectivity index is 2.17. The van der Waals surface area contributed by atoms with Crippen LogP contribution in [0.2, 0.25) is 5.02 Å². The van der Waals surface area contributed by atoms with Crippen LogP contribution in [0.1, 0.15) is 15.9 Å². The third-order valence-electron chi connectivity index (χ3n) is 3.19. The number of carbonyl (C=O) groups excluding carboxylic acids is 1. The monoisotopic (exact) mass is 304 g/mol. The number of para-hydroxylation sites is 1. The molecule has 0 spiro atoms. The van der Waals surface area contributed by atoms with E-state index in [1.807, 2.05) is 24.3 Å². The van der Waals surface area contributed by atoms with Crippen LogP contribution in [0.15, 0.2) is 42.5 Å². The van der Waals surface area contributed by atoms with Crippen LogP contribution < -0.4 is 10.5 Å². The van der Waals surface area contributed by atoms with Crippen molar-refractivity contribution in [3.05, 3.63) is 58.6 Å². The summed E-state index contributed by atoms with van der Waals surface area (Å²) in [6.07, 6.45) is 0. The van der Waals surface area contributed by atoms with Crippen molar-refractivity contribution in [2.75, 3.05) is 19.9 Å². The first-order valence-corrected chi connectivity index (χ1v) is 6.83. The van der Waals surface area contributed by atoms with Crippen molar-refractivity contribution in [3.63, 3.8) is 0 Å². The van der Waals surface area contributed by atoms with Gasteiger partial charge in [0.1, 0.15) is 5.75 Å². The summed E-state index contributed by atoms with van der Waals surface area (Å²) in [5.74, 6) is 0.636. The number of anilines is 1. The van der Waals surface area contributed by atoms with Crippen molar-refractivity contribution in [2.24, 2.45) is 0 Å². The fourth-order valence-electron chi connectivity index (χ4n) is 2.06. The first-order chi connectivity index (χ1) is 10.0. The van der Waals surface area contributed by atoms with Crippen molar-refractivity contribution in [1.82, 2.24) is 4.90 Å². The van der Waals surface area contributed by atoms with Crippen LogP contribution in [0.4, 0.5) is 5.69 Å². The van der Waals surface area contributed by atoms with Crippen molar-refractivity contribution < 1.29 is 9.53 Å². The van der Waals surface area contributed by atoms with Gasteiger partial charge in [0.2, 0.25) is 0 Å². The van der Waals surface area contributed by atoms with Crippen LogP contribution in [0.3, 0.4) is 0 Å². The first kappa shape index (κ1) is 15.2. The SMILES string of the molecule is COc1ccccc1CN(C)C(=O)c1ccc(Cl)c(N)c1.